The van der Waals surface area contributed by atoms with Gasteiger partial charge >= 0.3 is 0 Å². The zero-order chi connectivity index (χ0) is 10.6. The summed E-state index contributed by atoms with van der Waals surface area (Å²) in [5.74, 6) is 6.23. The third-order valence-electron chi connectivity index (χ3n) is 2.03. The standard InChI is InChI=1S/C10H17N3S/c1-4-5-12-10(13-11)9-6-7(2)8(3)14-9/h6H,4-5,11H2,1-3H3,(H,12,13). The maximum absolute atomic E-state index is 5.43. The van der Waals surface area contributed by atoms with Crippen LogP contribution in [0.1, 0.15) is 28.7 Å². The average Bonchev–Trinajstić information content (AvgIpc) is 2.48. The van der Waals surface area contributed by atoms with E-state index in [2.05, 4.69) is 37.3 Å². The molecule has 78 valence electrons. The highest BCUT2D eigenvalue weighted by Crippen LogP contribution is 2.20. The van der Waals surface area contributed by atoms with Crippen LogP contribution in [0.15, 0.2) is 11.1 Å². The monoisotopic (exact) mass is 211 g/mol. The second kappa shape index (κ2) is 5.12. The molecule has 1 rings (SSSR count). The van der Waals surface area contributed by atoms with Crippen molar-refractivity contribution in [2.45, 2.75) is 27.2 Å². The zero-order valence-electron chi connectivity index (χ0n) is 8.92. The van der Waals surface area contributed by atoms with Crippen LogP contribution >= 0.6 is 11.3 Å². The Labute approximate surface area is 89.0 Å². The fourth-order valence-electron chi connectivity index (χ4n) is 1.11. The molecular formula is C10H17N3S. The Morgan fingerprint density at radius 2 is 2.29 bits per heavy atom. The number of nitrogens with zero attached hydrogens (tertiary/aromatic N) is 1. The maximum Gasteiger partial charge on any atom is 0.152 e. The van der Waals surface area contributed by atoms with Crippen LogP contribution in [0.25, 0.3) is 0 Å². The minimum absolute atomic E-state index is 0.799. The Kier molecular flexibility index (Phi) is 4.10. The molecule has 0 spiro atoms. The highest BCUT2D eigenvalue weighted by atomic mass is 32.1. The predicted molar refractivity (Wildman–Crippen MR) is 62.8 cm³/mol. The van der Waals surface area contributed by atoms with E-state index in [1.165, 1.54) is 10.4 Å². The Bertz CT molecular complexity index is 309. The van der Waals surface area contributed by atoms with Crippen molar-refractivity contribution in [3.05, 3.63) is 21.4 Å². The average molecular weight is 211 g/mol. The van der Waals surface area contributed by atoms with Crippen molar-refractivity contribution in [3.63, 3.8) is 0 Å². The number of amidine groups is 1. The molecule has 4 heteroatoms. The number of rotatable bonds is 3. The van der Waals surface area contributed by atoms with Gasteiger partial charge in [0.2, 0.25) is 0 Å². The Hall–Kier alpha value is -0.870. The molecular weight excluding hydrogens is 194 g/mol. The number of hydrogen-bond donors (Lipinski definition) is 2. The molecule has 0 atom stereocenters. The highest BCUT2D eigenvalue weighted by Gasteiger charge is 2.06. The van der Waals surface area contributed by atoms with Gasteiger partial charge in [-0.1, -0.05) is 6.92 Å². The van der Waals surface area contributed by atoms with Gasteiger partial charge in [-0.25, -0.2) is 5.84 Å². The minimum atomic E-state index is 0.799. The van der Waals surface area contributed by atoms with Crippen LogP contribution < -0.4 is 11.3 Å². The smallest absolute Gasteiger partial charge is 0.152 e. The highest BCUT2D eigenvalue weighted by molar-refractivity contribution is 7.14. The molecule has 0 amide bonds. The molecule has 0 aromatic carbocycles. The molecule has 1 aromatic heterocycles. The van der Waals surface area contributed by atoms with Gasteiger partial charge in [0.15, 0.2) is 5.84 Å². The number of aliphatic imine (C=N–C) groups is 1. The lowest BCUT2D eigenvalue weighted by molar-refractivity contribution is 0.909. The maximum atomic E-state index is 5.43. The first-order valence-corrected chi connectivity index (χ1v) is 5.59. The summed E-state index contributed by atoms with van der Waals surface area (Å²) >= 11 is 1.72. The van der Waals surface area contributed by atoms with Crippen LogP contribution in [0.2, 0.25) is 0 Å². The van der Waals surface area contributed by atoms with E-state index in [0.29, 0.717) is 0 Å². The number of hydrazine groups is 1. The Balaban J connectivity index is 2.89. The summed E-state index contributed by atoms with van der Waals surface area (Å²) in [6.45, 7) is 7.12. The fourth-order valence-corrected chi connectivity index (χ4v) is 2.11. The van der Waals surface area contributed by atoms with Crippen LogP contribution in [-0.4, -0.2) is 12.4 Å². The molecule has 0 aliphatic carbocycles. The van der Waals surface area contributed by atoms with E-state index < -0.39 is 0 Å². The van der Waals surface area contributed by atoms with E-state index >= 15 is 0 Å². The number of thiophene rings is 1. The molecule has 0 saturated carbocycles. The zero-order valence-corrected chi connectivity index (χ0v) is 9.74. The number of nitrogens with two attached hydrogens (primary N) is 1. The van der Waals surface area contributed by atoms with Gasteiger partial charge < -0.3 is 5.43 Å². The summed E-state index contributed by atoms with van der Waals surface area (Å²) in [4.78, 5) is 6.82. The largest absolute Gasteiger partial charge is 0.308 e. The van der Waals surface area contributed by atoms with Crippen molar-refractivity contribution in [2.75, 3.05) is 6.54 Å². The van der Waals surface area contributed by atoms with Gasteiger partial charge in [0.1, 0.15) is 0 Å². The molecule has 1 heterocycles. The van der Waals surface area contributed by atoms with Crippen LogP contribution in [-0.2, 0) is 0 Å². The summed E-state index contributed by atoms with van der Waals surface area (Å²) < 4.78 is 0. The van der Waals surface area contributed by atoms with Crippen molar-refractivity contribution in [2.24, 2.45) is 10.8 Å². The lowest BCUT2D eigenvalue weighted by Crippen LogP contribution is -2.30. The summed E-state index contributed by atoms with van der Waals surface area (Å²) in [6, 6.07) is 2.12. The predicted octanol–water partition coefficient (Wildman–Crippen LogP) is 1.98. The molecule has 14 heavy (non-hydrogen) atoms. The molecule has 0 aliphatic heterocycles. The number of aryl methyl sites for hydroxylation is 2. The van der Waals surface area contributed by atoms with Crippen LogP contribution in [0, 0.1) is 13.8 Å². The van der Waals surface area contributed by atoms with Crippen molar-refractivity contribution >= 4 is 17.2 Å². The van der Waals surface area contributed by atoms with Crippen LogP contribution in [0.5, 0.6) is 0 Å². The van der Waals surface area contributed by atoms with Crippen LogP contribution in [0.3, 0.4) is 0 Å². The Morgan fingerprint density at radius 3 is 2.71 bits per heavy atom. The van der Waals surface area contributed by atoms with E-state index in [-0.39, 0.29) is 0 Å². The molecule has 0 radical (unpaired) electrons. The normalized spacial score (nSPS) is 11.9. The third kappa shape index (κ3) is 2.56. The first kappa shape index (κ1) is 11.2. The van der Waals surface area contributed by atoms with E-state index in [0.717, 1.165) is 23.7 Å². The number of hydrogen-bond acceptors (Lipinski definition) is 3. The van der Waals surface area contributed by atoms with Gasteiger partial charge in [0.05, 0.1) is 4.88 Å². The molecule has 1 aromatic rings. The van der Waals surface area contributed by atoms with Gasteiger partial charge in [-0.2, -0.15) is 0 Å². The number of nitrogens with one attached hydrogen (secondary N) is 1. The van der Waals surface area contributed by atoms with Crippen molar-refractivity contribution < 1.29 is 0 Å². The lowest BCUT2D eigenvalue weighted by atomic mass is 10.3. The molecule has 0 fully saturated rings. The van der Waals surface area contributed by atoms with Gasteiger partial charge in [0.25, 0.3) is 0 Å². The molecule has 0 unspecified atom stereocenters. The van der Waals surface area contributed by atoms with E-state index in [1.807, 2.05) is 0 Å². The minimum Gasteiger partial charge on any atom is -0.308 e. The lowest BCUT2D eigenvalue weighted by Gasteiger charge is -2.01. The van der Waals surface area contributed by atoms with E-state index in [4.69, 9.17) is 5.84 Å². The van der Waals surface area contributed by atoms with E-state index in [9.17, 15) is 0 Å². The molecule has 3 nitrogen and oxygen atoms in total. The van der Waals surface area contributed by atoms with Crippen molar-refractivity contribution in [3.8, 4) is 0 Å². The second-order valence-corrected chi connectivity index (χ2v) is 4.48. The van der Waals surface area contributed by atoms with Gasteiger partial charge in [-0.05, 0) is 31.9 Å². The first-order chi connectivity index (χ1) is 6.69. The third-order valence-corrected chi connectivity index (χ3v) is 3.19. The van der Waals surface area contributed by atoms with Gasteiger partial charge in [-0.15, -0.1) is 11.3 Å². The summed E-state index contributed by atoms with van der Waals surface area (Å²) in [5.41, 5.74) is 3.95. The van der Waals surface area contributed by atoms with Crippen molar-refractivity contribution in [1.29, 1.82) is 0 Å². The summed E-state index contributed by atoms with van der Waals surface area (Å²) in [5, 5.41) is 0. The molecule has 0 bridgehead atoms. The second-order valence-electron chi connectivity index (χ2n) is 3.22. The Morgan fingerprint density at radius 1 is 1.57 bits per heavy atom. The topological polar surface area (TPSA) is 50.4 Å². The summed E-state index contributed by atoms with van der Waals surface area (Å²) in [7, 11) is 0. The van der Waals surface area contributed by atoms with E-state index in [1.54, 1.807) is 11.3 Å². The molecule has 3 N–H and O–H groups in total. The molecule has 0 aliphatic rings. The van der Waals surface area contributed by atoms with Crippen molar-refractivity contribution in [1.82, 2.24) is 5.43 Å². The van der Waals surface area contributed by atoms with Crippen LogP contribution in [0.4, 0.5) is 0 Å². The quantitative estimate of drug-likeness (QED) is 0.348. The van der Waals surface area contributed by atoms with Gasteiger partial charge in [0, 0.05) is 11.4 Å². The van der Waals surface area contributed by atoms with Gasteiger partial charge in [-0.3, -0.25) is 4.99 Å². The first-order valence-electron chi connectivity index (χ1n) is 4.77. The molecule has 0 saturated heterocycles. The fraction of sp³-hybridized carbons (Fsp3) is 0.500. The summed E-state index contributed by atoms with van der Waals surface area (Å²) in [6.07, 6.45) is 1.04. The SMILES string of the molecule is CCCN=C(NN)c1cc(C)c(C)s1.